The number of rotatable bonds is 3. The molecular weight excluding hydrogens is 767 g/mol. The van der Waals surface area contributed by atoms with Crippen molar-refractivity contribution in [3.05, 3.63) is 210 Å². The Bertz CT molecular complexity index is 3740. The lowest BCUT2D eigenvalue weighted by Gasteiger charge is -2.44. The molecule has 9 nitrogen and oxygen atoms in total. The Morgan fingerprint density at radius 3 is 1.50 bits per heavy atom. The zero-order valence-corrected chi connectivity index (χ0v) is 32.8. The molecule has 0 saturated heterocycles. The van der Waals surface area contributed by atoms with E-state index in [1.54, 1.807) is 0 Å². The van der Waals surface area contributed by atoms with Crippen molar-refractivity contribution < 1.29 is 9.47 Å². The zero-order chi connectivity index (χ0) is 40.5. The molecule has 0 aliphatic carbocycles. The highest BCUT2D eigenvalue weighted by Crippen LogP contribution is 2.61. The molecule has 12 aromatic rings. The van der Waals surface area contributed by atoms with E-state index in [4.69, 9.17) is 29.4 Å². The van der Waals surface area contributed by atoms with Gasteiger partial charge in [-0.1, -0.05) is 127 Å². The van der Waals surface area contributed by atoms with Gasteiger partial charge in [0, 0.05) is 38.6 Å². The summed E-state index contributed by atoms with van der Waals surface area (Å²) in [7, 11) is 0. The molecule has 0 fully saturated rings. The Morgan fingerprint density at radius 2 is 0.855 bits per heavy atom. The van der Waals surface area contributed by atoms with Crippen LogP contribution in [0, 0.1) is 0 Å². The smallest absolute Gasteiger partial charge is 0.242 e. The van der Waals surface area contributed by atoms with Crippen LogP contribution >= 0.6 is 0 Å². The normalized spacial score (nSPS) is 13.5. The van der Waals surface area contributed by atoms with Crippen molar-refractivity contribution >= 4 is 49.7 Å². The minimum atomic E-state index is -0.717. The van der Waals surface area contributed by atoms with Gasteiger partial charge in [0.2, 0.25) is 17.7 Å². The van der Waals surface area contributed by atoms with Gasteiger partial charge in [-0.2, -0.15) is 15.0 Å². The fourth-order valence-corrected chi connectivity index (χ4v) is 10.1. The number of nitrogens with zero attached hydrogens (tertiary/aromatic N) is 7. The molecule has 290 valence electrons. The van der Waals surface area contributed by atoms with Gasteiger partial charge >= 0.3 is 0 Å². The molecule has 6 heterocycles. The highest BCUT2D eigenvalue weighted by molar-refractivity contribution is 6.09. The molecule has 1 spiro atoms. The number of imidazole rings is 2. The van der Waals surface area contributed by atoms with E-state index in [9.17, 15) is 0 Å². The number of aromatic nitrogens is 7. The first kappa shape index (κ1) is 33.3. The van der Waals surface area contributed by atoms with Crippen LogP contribution in [0.2, 0.25) is 0 Å². The quantitative estimate of drug-likeness (QED) is 0.177. The van der Waals surface area contributed by atoms with E-state index in [0.717, 1.165) is 88.9 Å². The molecule has 4 aromatic heterocycles. The first-order valence-corrected chi connectivity index (χ1v) is 20.6. The molecule has 0 bridgehead atoms. The van der Waals surface area contributed by atoms with E-state index in [1.165, 1.54) is 0 Å². The number of ether oxygens (including phenoxy) is 2. The summed E-state index contributed by atoms with van der Waals surface area (Å²) < 4.78 is 19.9. The van der Waals surface area contributed by atoms with E-state index in [0.29, 0.717) is 29.2 Å². The summed E-state index contributed by atoms with van der Waals surface area (Å²) in [6, 6.07) is 64.6. The number of para-hydroxylation sites is 9. The van der Waals surface area contributed by atoms with Crippen LogP contribution in [0.1, 0.15) is 22.3 Å². The molecule has 0 radical (unpaired) electrons. The second kappa shape index (κ2) is 12.2. The third-order valence-corrected chi connectivity index (χ3v) is 12.7. The molecule has 9 heteroatoms. The van der Waals surface area contributed by atoms with Gasteiger partial charge in [0.1, 0.15) is 23.0 Å². The second-order valence-corrected chi connectivity index (χ2v) is 15.8. The second-order valence-electron chi connectivity index (χ2n) is 15.8. The van der Waals surface area contributed by atoms with Crippen LogP contribution in [0.3, 0.4) is 0 Å². The van der Waals surface area contributed by atoms with Gasteiger partial charge in [0.25, 0.3) is 0 Å². The van der Waals surface area contributed by atoms with E-state index in [-0.39, 0.29) is 0 Å². The van der Waals surface area contributed by atoms with E-state index >= 15 is 0 Å². The predicted octanol–water partition coefficient (Wildman–Crippen LogP) is 12.0. The summed E-state index contributed by atoms with van der Waals surface area (Å²) in [5.41, 5.74) is 10.0. The molecule has 0 saturated carbocycles. The van der Waals surface area contributed by atoms with Gasteiger partial charge in [0.15, 0.2) is 5.82 Å². The number of benzene rings is 8. The molecule has 62 heavy (non-hydrogen) atoms. The number of fused-ring (bicyclic) bond motifs is 16. The van der Waals surface area contributed by atoms with Gasteiger partial charge in [-0.3, -0.25) is 8.97 Å². The minimum absolute atomic E-state index is 0.445. The first-order valence-electron chi connectivity index (χ1n) is 20.6. The van der Waals surface area contributed by atoms with Crippen LogP contribution in [0.15, 0.2) is 188 Å². The number of hydrogen-bond donors (Lipinski definition) is 0. The lowest BCUT2D eigenvalue weighted by atomic mass is 9.62. The van der Waals surface area contributed by atoms with Crippen LogP contribution in [-0.4, -0.2) is 33.5 Å². The maximum absolute atomic E-state index is 6.93. The van der Waals surface area contributed by atoms with Crippen LogP contribution in [0.4, 0.5) is 0 Å². The maximum Gasteiger partial charge on any atom is 0.242 e. The Hall–Kier alpha value is -8.56. The largest absolute Gasteiger partial charge is 0.457 e. The van der Waals surface area contributed by atoms with Crippen LogP contribution in [0.25, 0.3) is 72.9 Å². The fraction of sp³-hybridized carbons (Fsp3) is 0.0189. The van der Waals surface area contributed by atoms with Crippen molar-refractivity contribution in [2.45, 2.75) is 5.41 Å². The lowest BCUT2D eigenvalue weighted by Crippen LogP contribution is -2.36. The molecule has 0 N–H and O–H groups in total. The summed E-state index contributed by atoms with van der Waals surface area (Å²) in [5, 5.41) is 2.23. The first-order chi connectivity index (χ1) is 30.7. The van der Waals surface area contributed by atoms with Crippen molar-refractivity contribution in [2.75, 3.05) is 0 Å². The highest BCUT2D eigenvalue weighted by Gasteiger charge is 2.50. The van der Waals surface area contributed by atoms with Crippen LogP contribution in [0.5, 0.6) is 23.0 Å². The molecule has 14 rings (SSSR count). The fourth-order valence-electron chi connectivity index (χ4n) is 10.1. The summed E-state index contributed by atoms with van der Waals surface area (Å²) in [6.45, 7) is 0. The van der Waals surface area contributed by atoms with Crippen molar-refractivity contribution in [1.82, 2.24) is 33.5 Å². The molecule has 0 unspecified atom stereocenters. The molecule has 2 aliphatic heterocycles. The van der Waals surface area contributed by atoms with E-state index < -0.39 is 5.41 Å². The number of hydrogen-bond acceptors (Lipinski definition) is 6. The Kier molecular flexibility index (Phi) is 6.58. The molecular formula is C53H31N7O2. The standard InChI is InChI=1S/C53H31N7O2/c1-7-21-40-33(15-1)34-16-2-8-22-41(34)58(40)50-55-49(56-51(57-50)60-44-25-11-10-24-43(44)59-42-23-9-6-20-39(42)54-52(59)60)32-29-30-38-48(31-32)62-47-28-14-5-19-37(47)53(38)35-17-3-12-26-45(35)61-46-27-13-4-18-36(46)53/h1-31H. The van der Waals surface area contributed by atoms with Gasteiger partial charge in [0.05, 0.1) is 38.5 Å². The van der Waals surface area contributed by atoms with Crippen molar-refractivity contribution in [2.24, 2.45) is 0 Å². The summed E-state index contributed by atoms with van der Waals surface area (Å²) in [6.07, 6.45) is 0. The summed E-state index contributed by atoms with van der Waals surface area (Å²) >= 11 is 0. The Morgan fingerprint density at radius 1 is 0.371 bits per heavy atom. The average Bonchev–Trinajstić information content (AvgIpc) is 3.98. The average molecular weight is 798 g/mol. The zero-order valence-electron chi connectivity index (χ0n) is 32.8. The lowest BCUT2D eigenvalue weighted by molar-refractivity contribution is 0.399. The minimum Gasteiger partial charge on any atom is -0.457 e. The Balaban J connectivity index is 1.06. The van der Waals surface area contributed by atoms with E-state index in [1.807, 2.05) is 65.2 Å². The van der Waals surface area contributed by atoms with Crippen LogP contribution < -0.4 is 9.47 Å². The van der Waals surface area contributed by atoms with Crippen molar-refractivity contribution in [1.29, 1.82) is 0 Å². The van der Waals surface area contributed by atoms with E-state index in [2.05, 4.69) is 136 Å². The predicted molar refractivity (Wildman–Crippen MR) is 241 cm³/mol. The summed E-state index contributed by atoms with van der Waals surface area (Å²) in [5.74, 6) is 5.25. The highest BCUT2D eigenvalue weighted by atomic mass is 16.5. The molecule has 8 aromatic carbocycles. The van der Waals surface area contributed by atoms with Gasteiger partial charge in [-0.25, -0.2) is 9.55 Å². The molecule has 0 atom stereocenters. The van der Waals surface area contributed by atoms with Crippen LogP contribution in [-0.2, 0) is 5.41 Å². The van der Waals surface area contributed by atoms with Crippen molar-refractivity contribution in [3.63, 3.8) is 0 Å². The summed E-state index contributed by atoms with van der Waals surface area (Å²) in [4.78, 5) is 21.2. The monoisotopic (exact) mass is 797 g/mol. The third-order valence-electron chi connectivity index (χ3n) is 12.7. The SMILES string of the molecule is c1ccc2c(c1)Oc1ccccc1C21c2ccccc2Oc2cc(-c3nc(-n4c5ccccc5c5ccccc54)nc(-n4c5ccccc5n5c6ccccc6nc45)n3)ccc21. The Labute approximate surface area is 353 Å². The van der Waals surface area contributed by atoms with Gasteiger partial charge in [-0.15, -0.1) is 0 Å². The molecule has 2 aliphatic rings. The molecule has 0 amide bonds. The van der Waals surface area contributed by atoms with Gasteiger partial charge in [-0.05, 0) is 60.7 Å². The third kappa shape index (κ3) is 4.35. The maximum atomic E-state index is 6.93. The van der Waals surface area contributed by atoms with Gasteiger partial charge < -0.3 is 9.47 Å². The van der Waals surface area contributed by atoms with Crippen molar-refractivity contribution in [3.8, 4) is 46.3 Å². The topological polar surface area (TPSA) is 84.3 Å².